The number of likely N-dealkylation sites (tertiary alicyclic amines) is 1. The molecular weight excluding hydrogens is 338 g/mol. The Balaban J connectivity index is 1.55. The van der Waals surface area contributed by atoms with Gasteiger partial charge in [0.25, 0.3) is 0 Å². The lowest BCUT2D eigenvalue weighted by atomic mass is 9.87. The summed E-state index contributed by atoms with van der Waals surface area (Å²) in [5.41, 5.74) is 2.08. The molecule has 0 radical (unpaired) electrons. The van der Waals surface area contributed by atoms with E-state index in [1.165, 1.54) is 6.07 Å². The van der Waals surface area contributed by atoms with Gasteiger partial charge in [0.1, 0.15) is 11.6 Å². The van der Waals surface area contributed by atoms with E-state index in [0.717, 1.165) is 37.3 Å². The predicted molar refractivity (Wildman–Crippen MR) is 92.5 cm³/mol. The number of piperidine rings is 1. The van der Waals surface area contributed by atoms with E-state index in [0.29, 0.717) is 30.5 Å². The third kappa shape index (κ3) is 3.18. The molecule has 1 aliphatic heterocycles. The largest absolute Gasteiger partial charge is 0.331 e. The number of hydrogen-bond donors (Lipinski definition) is 2. The van der Waals surface area contributed by atoms with Crippen molar-refractivity contribution in [3.05, 3.63) is 52.9 Å². The molecule has 2 amide bonds. The van der Waals surface area contributed by atoms with Crippen LogP contribution in [0.15, 0.2) is 24.5 Å². The fourth-order valence-electron chi connectivity index (χ4n) is 4.18. The molecule has 138 valence electrons. The van der Waals surface area contributed by atoms with E-state index in [9.17, 15) is 13.6 Å². The average Bonchev–Trinajstić information content (AvgIpc) is 3.17. The highest BCUT2D eigenvalue weighted by Gasteiger charge is 2.31. The second-order valence-electron chi connectivity index (χ2n) is 7.09. The molecule has 2 atom stereocenters. The lowest BCUT2D eigenvalue weighted by Gasteiger charge is -2.37. The average molecular weight is 360 g/mol. The maximum Gasteiger partial charge on any atom is 0.318 e. The van der Waals surface area contributed by atoms with Gasteiger partial charge in [-0.1, -0.05) is 0 Å². The van der Waals surface area contributed by atoms with Crippen LogP contribution >= 0.6 is 0 Å². The normalized spacial score (nSPS) is 22.8. The summed E-state index contributed by atoms with van der Waals surface area (Å²) < 4.78 is 27.8. The topological polar surface area (TPSA) is 61.0 Å². The van der Waals surface area contributed by atoms with Gasteiger partial charge in [-0.15, -0.1) is 0 Å². The van der Waals surface area contributed by atoms with Crippen LogP contribution in [0.1, 0.15) is 60.9 Å². The number of aromatic nitrogens is 2. The number of nitrogens with one attached hydrogen (secondary N) is 2. The van der Waals surface area contributed by atoms with E-state index in [1.54, 1.807) is 6.20 Å². The Morgan fingerprint density at radius 1 is 1.23 bits per heavy atom. The molecule has 1 aromatic heterocycles. The van der Waals surface area contributed by atoms with Crippen molar-refractivity contribution >= 4 is 6.03 Å². The van der Waals surface area contributed by atoms with Crippen molar-refractivity contribution in [1.29, 1.82) is 0 Å². The molecule has 7 heteroatoms. The van der Waals surface area contributed by atoms with Crippen molar-refractivity contribution in [3.63, 3.8) is 0 Å². The number of amides is 2. The summed E-state index contributed by atoms with van der Waals surface area (Å²) in [6.07, 6.45) is 8.49. The first-order valence-electron chi connectivity index (χ1n) is 9.17. The SMILES string of the molecule is O=C(N[C@H]1CCCc2c(F)cc(F)cc21)N1CCCCC1c1cn[nH]c1. The molecule has 1 fully saturated rings. The third-order valence-corrected chi connectivity index (χ3v) is 5.46. The summed E-state index contributed by atoms with van der Waals surface area (Å²) >= 11 is 0. The predicted octanol–water partition coefficient (Wildman–Crippen LogP) is 4.00. The van der Waals surface area contributed by atoms with Crippen LogP contribution in [0.5, 0.6) is 0 Å². The summed E-state index contributed by atoms with van der Waals surface area (Å²) in [4.78, 5) is 14.8. The van der Waals surface area contributed by atoms with Gasteiger partial charge in [-0.2, -0.15) is 5.10 Å². The van der Waals surface area contributed by atoms with E-state index >= 15 is 0 Å². The standard InChI is InChI=1S/C19H22F2N4O/c20-13-8-15-14(16(21)9-13)4-3-5-17(15)24-19(26)25-7-2-1-6-18(25)12-10-22-23-11-12/h8-11,17-18H,1-7H2,(H,22,23)(H,24,26)/t17-,18?/m0/s1. The van der Waals surface area contributed by atoms with Crippen LogP contribution in [-0.2, 0) is 6.42 Å². The van der Waals surface area contributed by atoms with Gasteiger partial charge in [0, 0.05) is 24.4 Å². The minimum Gasteiger partial charge on any atom is -0.331 e. The van der Waals surface area contributed by atoms with Crippen molar-refractivity contribution in [3.8, 4) is 0 Å². The summed E-state index contributed by atoms with van der Waals surface area (Å²) in [6, 6.07) is 1.71. The van der Waals surface area contributed by atoms with Crippen LogP contribution in [-0.4, -0.2) is 27.7 Å². The molecule has 0 saturated carbocycles. The number of hydrogen-bond acceptors (Lipinski definition) is 2. The summed E-state index contributed by atoms with van der Waals surface area (Å²) in [6.45, 7) is 0.665. The van der Waals surface area contributed by atoms with Gasteiger partial charge < -0.3 is 10.2 Å². The van der Waals surface area contributed by atoms with Gasteiger partial charge in [-0.3, -0.25) is 5.10 Å². The summed E-state index contributed by atoms with van der Waals surface area (Å²) in [5.74, 6) is -1.12. The number of nitrogens with zero attached hydrogens (tertiary/aromatic N) is 2. The minimum absolute atomic E-state index is 0.0187. The number of halogens is 2. The fourth-order valence-corrected chi connectivity index (χ4v) is 4.18. The first-order chi connectivity index (χ1) is 12.6. The van der Waals surface area contributed by atoms with Gasteiger partial charge in [-0.05, 0) is 55.7 Å². The van der Waals surface area contributed by atoms with E-state index in [2.05, 4.69) is 15.5 Å². The Morgan fingerprint density at radius 3 is 2.92 bits per heavy atom. The van der Waals surface area contributed by atoms with Crippen LogP contribution in [0.2, 0.25) is 0 Å². The molecule has 2 heterocycles. The van der Waals surface area contributed by atoms with E-state index in [1.807, 2.05) is 11.1 Å². The van der Waals surface area contributed by atoms with E-state index in [-0.39, 0.29) is 18.1 Å². The zero-order valence-electron chi connectivity index (χ0n) is 14.5. The number of carbonyl (C=O) groups excluding carboxylic acids is 1. The zero-order chi connectivity index (χ0) is 18.1. The molecule has 1 unspecified atom stereocenters. The Morgan fingerprint density at radius 2 is 2.12 bits per heavy atom. The zero-order valence-corrected chi connectivity index (χ0v) is 14.5. The molecule has 0 bridgehead atoms. The van der Waals surface area contributed by atoms with Gasteiger partial charge in [0.15, 0.2) is 0 Å². The maximum absolute atomic E-state index is 14.1. The van der Waals surface area contributed by atoms with Crippen molar-refractivity contribution in [1.82, 2.24) is 20.4 Å². The molecule has 0 spiro atoms. The second-order valence-corrected chi connectivity index (χ2v) is 7.09. The fraction of sp³-hybridized carbons (Fsp3) is 0.474. The van der Waals surface area contributed by atoms with Crippen LogP contribution < -0.4 is 5.32 Å². The number of carbonyl (C=O) groups is 1. The Bertz CT molecular complexity index is 793. The quantitative estimate of drug-likeness (QED) is 0.850. The van der Waals surface area contributed by atoms with Gasteiger partial charge in [0.2, 0.25) is 0 Å². The molecule has 1 saturated heterocycles. The first-order valence-corrected chi connectivity index (χ1v) is 9.17. The number of urea groups is 1. The highest BCUT2D eigenvalue weighted by molar-refractivity contribution is 5.75. The van der Waals surface area contributed by atoms with Crippen molar-refractivity contribution < 1.29 is 13.6 Å². The molecule has 1 aromatic carbocycles. The summed E-state index contributed by atoms with van der Waals surface area (Å²) in [5, 5.41) is 9.81. The van der Waals surface area contributed by atoms with Gasteiger partial charge in [-0.25, -0.2) is 13.6 Å². The molecule has 4 rings (SSSR count). The highest BCUT2D eigenvalue weighted by Crippen LogP contribution is 2.34. The lowest BCUT2D eigenvalue weighted by molar-refractivity contribution is 0.147. The van der Waals surface area contributed by atoms with Crippen molar-refractivity contribution in [2.45, 2.75) is 50.6 Å². The van der Waals surface area contributed by atoms with Crippen LogP contribution in [0.3, 0.4) is 0 Å². The Hall–Kier alpha value is -2.44. The van der Waals surface area contributed by atoms with Crippen LogP contribution in [0.25, 0.3) is 0 Å². The van der Waals surface area contributed by atoms with Crippen LogP contribution in [0.4, 0.5) is 13.6 Å². The second kappa shape index (κ2) is 7.05. The number of rotatable bonds is 2. The lowest BCUT2D eigenvalue weighted by Crippen LogP contribution is -2.46. The highest BCUT2D eigenvalue weighted by atomic mass is 19.1. The maximum atomic E-state index is 14.1. The van der Waals surface area contributed by atoms with E-state index in [4.69, 9.17) is 0 Å². The van der Waals surface area contributed by atoms with Gasteiger partial charge in [0.05, 0.1) is 18.3 Å². The molecule has 1 aliphatic carbocycles. The molecule has 2 aliphatic rings. The molecule has 2 N–H and O–H groups in total. The summed E-state index contributed by atoms with van der Waals surface area (Å²) in [7, 11) is 0. The number of aromatic amines is 1. The van der Waals surface area contributed by atoms with Crippen LogP contribution in [0, 0.1) is 11.6 Å². The van der Waals surface area contributed by atoms with Crippen molar-refractivity contribution in [2.75, 3.05) is 6.54 Å². The minimum atomic E-state index is -0.600. The monoisotopic (exact) mass is 360 g/mol. The molecular formula is C19H22F2N4O. The number of H-pyrrole nitrogens is 1. The Kier molecular flexibility index (Phi) is 4.61. The molecule has 2 aromatic rings. The Labute approximate surface area is 150 Å². The van der Waals surface area contributed by atoms with Gasteiger partial charge >= 0.3 is 6.03 Å². The third-order valence-electron chi connectivity index (χ3n) is 5.46. The number of benzene rings is 1. The molecule has 26 heavy (non-hydrogen) atoms. The van der Waals surface area contributed by atoms with E-state index < -0.39 is 11.6 Å². The smallest absolute Gasteiger partial charge is 0.318 e. The number of fused-ring (bicyclic) bond motifs is 1. The van der Waals surface area contributed by atoms with Crippen molar-refractivity contribution in [2.24, 2.45) is 0 Å². The first kappa shape index (κ1) is 17.0. The molecule has 5 nitrogen and oxygen atoms in total.